The van der Waals surface area contributed by atoms with Crippen LogP contribution in [0, 0.1) is 0 Å². The van der Waals surface area contributed by atoms with Gasteiger partial charge in [0.05, 0.1) is 52.4 Å². The summed E-state index contributed by atoms with van der Waals surface area (Å²) in [7, 11) is 0. The third-order valence-electron chi connectivity index (χ3n) is 16.8. The van der Waals surface area contributed by atoms with Crippen LogP contribution in [0.5, 0.6) is 0 Å². The fraction of sp³-hybridized carbons (Fsp3) is 1.00. The summed E-state index contributed by atoms with van der Waals surface area (Å²) in [6.07, 6.45) is -80.8. The molecule has 0 saturated carbocycles. The highest BCUT2D eigenvalue weighted by atomic mass is 16.8. The molecule has 14 bridgehead atoms. The predicted octanol–water partition coefficient (Wildman–Crippen LogP) is -16.4. The number of ether oxygens (including phenoxy) is 16. The van der Waals surface area contributed by atoms with E-state index in [9.17, 15) is 117 Å². The lowest BCUT2D eigenvalue weighted by molar-refractivity contribution is -0.399. The summed E-state index contributed by atoms with van der Waals surface area (Å²) in [5, 5.41) is 255. The lowest BCUT2D eigenvalue weighted by atomic mass is 9.95. The highest BCUT2D eigenvalue weighted by molar-refractivity contribution is 5.02. The first kappa shape index (κ1) is 69.8. The minimum absolute atomic E-state index is 0.911. The normalized spacial score (nSPS) is 55.7. The number of aliphatic hydroxyl groups excluding tert-OH is 23. The minimum atomic E-state index is -2.32. The maximum absolute atomic E-state index is 11.8. The number of aliphatic hydroxyl groups is 23. The van der Waals surface area contributed by atoms with Gasteiger partial charge in [-0.1, -0.05) is 0 Å². The number of rotatable bonds is 9. The summed E-state index contributed by atoms with van der Waals surface area (Å²) >= 11 is 0. The molecule has 0 aromatic rings. The molecule has 22 saturated heterocycles. The van der Waals surface area contributed by atoms with Gasteiger partial charge in [0.1, 0.15) is 189 Å². The first-order valence-electron chi connectivity index (χ1n) is 28.0. The zero-order valence-corrected chi connectivity index (χ0v) is 45.9. The summed E-state index contributed by atoms with van der Waals surface area (Å²) < 4.78 is 91.9. The molecule has 0 aromatic heterocycles. The monoisotopic (exact) mass is 1280 g/mol. The van der Waals surface area contributed by atoms with Crippen molar-refractivity contribution in [1.29, 1.82) is 0 Å². The van der Waals surface area contributed by atoms with Gasteiger partial charge in [-0.25, -0.2) is 0 Å². The van der Waals surface area contributed by atoms with Crippen molar-refractivity contribution >= 4 is 0 Å². The van der Waals surface area contributed by atoms with E-state index in [0.717, 1.165) is 0 Å². The Morgan fingerprint density at radius 2 is 0.414 bits per heavy atom. The van der Waals surface area contributed by atoms with Gasteiger partial charge in [0.25, 0.3) is 0 Å². The van der Waals surface area contributed by atoms with Crippen LogP contribution in [0.4, 0.5) is 0 Å². The summed E-state index contributed by atoms with van der Waals surface area (Å²) in [6, 6.07) is 0. The molecule has 22 fully saturated rings. The van der Waals surface area contributed by atoms with Crippen molar-refractivity contribution in [3.8, 4) is 0 Å². The standard InChI is InChI=1S/C48H80O39/c1-9-17(55)18(56)26(64)41(73-9)72-8-16-40-25(63)33(71)48(80-16)86-39-15(7-54)78-46(31(69)23(39)61)84-37-13(5-52)76-44(29(67)21(37)59)82-35-11(3-50)74-42(27(65)19(35)57)81-34-10(2-49)75-43(28(66)20(34)58)83-36-12(4-51)77-45(30(68)22(36)60)85-38-14(6-53)79-47(87-40)32(70)24(38)62/h9-71H,2-8H2,1H3/t9-,10+,11+,12+,13+,14+,15+,16+,17+,18+,19+,20+,21+,22+,23+,24+,25+,26-,27+,28+,29+,30+,31+,32+,33+,34+,35+,36+,37+,38+,39+,40+,41-,42+,43+,44+,45+,46+,47+,48+/m0/s1. The SMILES string of the molecule is C[C@@H]1O[C@H](OC[C@H]2O[C@@H]3O[C@H]4[C@H](O)[C@@H](O)[C@@H](O[C@H]5[C@H](O)[C@@H](O)[C@@H](O[C@H]6[C@H](O)[C@@H](O)[C@@H](O[C@H]7[C@H](O)[C@@H](O)[C@@H](O[C@H]8[C@H](O)[C@@H](O)[C@@H](O[C@H]9[C@H](O)[C@@H](O)[C@@H](O[C@H]2[C@H](O)[C@H]3O)O[C@@H]9CO)O[C@@H]8CO)O[C@@H]7CO)O[C@@H]6CO)O[C@@H]5CO)O[C@@H]4CO)[C@@H](O)[C@H](O)[C@@H]1O. The molecule has 22 aliphatic heterocycles. The van der Waals surface area contributed by atoms with E-state index in [1.165, 1.54) is 6.92 Å². The van der Waals surface area contributed by atoms with E-state index >= 15 is 0 Å². The molecule has 40 atom stereocenters. The average molecular weight is 1280 g/mol. The third kappa shape index (κ3) is 13.9. The fourth-order valence-corrected chi connectivity index (χ4v) is 11.7. The van der Waals surface area contributed by atoms with Crippen LogP contribution in [-0.4, -0.2) is 409 Å². The van der Waals surface area contributed by atoms with Gasteiger partial charge >= 0.3 is 0 Å². The molecule has 0 unspecified atom stereocenters. The molecule has 0 aliphatic carbocycles. The molecule has 22 rings (SSSR count). The molecule has 22 aliphatic rings. The van der Waals surface area contributed by atoms with E-state index in [1.54, 1.807) is 0 Å². The molecule has 22 heterocycles. The number of hydrogen-bond acceptors (Lipinski definition) is 39. The summed E-state index contributed by atoms with van der Waals surface area (Å²) in [4.78, 5) is 0. The van der Waals surface area contributed by atoms with Crippen LogP contribution in [0.1, 0.15) is 6.92 Å². The molecule has 39 heteroatoms. The van der Waals surface area contributed by atoms with Crippen LogP contribution in [-0.2, 0) is 75.8 Å². The second-order valence-electron chi connectivity index (χ2n) is 22.5. The average Bonchev–Trinajstić information content (AvgIpc) is 3.70. The van der Waals surface area contributed by atoms with Crippen molar-refractivity contribution in [2.45, 2.75) is 253 Å². The zero-order chi connectivity index (χ0) is 63.4. The lowest BCUT2D eigenvalue weighted by Crippen LogP contribution is -2.68. The maximum Gasteiger partial charge on any atom is 0.187 e. The van der Waals surface area contributed by atoms with Crippen LogP contribution >= 0.6 is 0 Å². The van der Waals surface area contributed by atoms with Crippen LogP contribution in [0.3, 0.4) is 0 Å². The van der Waals surface area contributed by atoms with Crippen LogP contribution in [0.25, 0.3) is 0 Å². The van der Waals surface area contributed by atoms with Crippen molar-refractivity contribution in [2.75, 3.05) is 46.2 Å². The Bertz CT molecular complexity index is 2120. The zero-order valence-electron chi connectivity index (χ0n) is 45.9. The largest absolute Gasteiger partial charge is 0.394 e. The van der Waals surface area contributed by atoms with Gasteiger partial charge in [-0.15, -0.1) is 0 Å². The number of hydrogen-bond donors (Lipinski definition) is 23. The Morgan fingerprint density at radius 3 is 0.621 bits per heavy atom. The van der Waals surface area contributed by atoms with Crippen molar-refractivity contribution in [2.24, 2.45) is 0 Å². The molecule has 0 spiro atoms. The second kappa shape index (κ2) is 29.4. The van der Waals surface area contributed by atoms with Crippen molar-refractivity contribution in [3.05, 3.63) is 0 Å². The van der Waals surface area contributed by atoms with Crippen LogP contribution in [0.2, 0.25) is 0 Å². The Kier molecular flexibility index (Phi) is 23.6. The van der Waals surface area contributed by atoms with E-state index in [2.05, 4.69) is 0 Å². The van der Waals surface area contributed by atoms with Crippen LogP contribution in [0.15, 0.2) is 0 Å². The van der Waals surface area contributed by atoms with Gasteiger partial charge in [-0.2, -0.15) is 0 Å². The van der Waals surface area contributed by atoms with Crippen molar-refractivity contribution in [1.82, 2.24) is 0 Å². The molecule has 0 amide bonds. The molecule has 87 heavy (non-hydrogen) atoms. The third-order valence-corrected chi connectivity index (χ3v) is 16.8. The Hall–Kier alpha value is -1.56. The Balaban J connectivity index is 1.02. The summed E-state index contributed by atoms with van der Waals surface area (Å²) in [5.74, 6) is 0. The molecule has 0 radical (unpaired) electrons. The van der Waals surface area contributed by atoms with Gasteiger partial charge in [0, 0.05) is 0 Å². The quantitative estimate of drug-likeness (QED) is 0.102. The topological polar surface area (TPSA) is 613 Å². The van der Waals surface area contributed by atoms with Gasteiger partial charge < -0.3 is 193 Å². The van der Waals surface area contributed by atoms with Gasteiger partial charge in [-0.3, -0.25) is 0 Å². The fourth-order valence-electron chi connectivity index (χ4n) is 11.7. The van der Waals surface area contributed by atoms with Gasteiger partial charge in [0.2, 0.25) is 0 Å². The summed E-state index contributed by atoms with van der Waals surface area (Å²) in [6.45, 7) is -6.12. The predicted molar refractivity (Wildman–Crippen MR) is 260 cm³/mol. The first-order chi connectivity index (χ1) is 41.3. The van der Waals surface area contributed by atoms with E-state index in [4.69, 9.17) is 75.8 Å². The van der Waals surface area contributed by atoms with Gasteiger partial charge in [0.15, 0.2) is 50.3 Å². The molecule has 506 valence electrons. The van der Waals surface area contributed by atoms with E-state index in [1.807, 2.05) is 0 Å². The highest BCUT2D eigenvalue weighted by Gasteiger charge is 2.60. The second-order valence-corrected chi connectivity index (χ2v) is 22.5. The maximum atomic E-state index is 11.8. The lowest BCUT2D eigenvalue weighted by Gasteiger charge is -2.50. The van der Waals surface area contributed by atoms with Gasteiger partial charge in [-0.05, 0) is 6.92 Å². The smallest absolute Gasteiger partial charge is 0.187 e. The molecule has 39 nitrogen and oxygen atoms in total. The van der Waals surface area contributed by atoms with E-state index < -0.39 is 292 Å². The molecule has 0 aromatic carbocycles. The van der Waals surface area contributed by atoms with Crippen molar-refractivity contribution in [3.63, 3.8) is 0 Å². The molecular weight excluding hydrogens is 1200 g/mol. The van der Waals surface area contributed by atoms with E-state index in [-0.39, 0.29) is 0 Å². The molecular formula is C48H80O39. The first-order valence-corrected chi connectivity index (χ1v) is 28.0. The van der Waals surface area contributed by atoms with E-state index in [0.29, 0.717) is 0 Å². The Morgan fingerprint density at radius 1 is 0.218 bits per heavy atom. The van der Waals surface area contributed by atoms with Crippen LogP contribution < -0.4 is 0 Å². The Labute approximate surface area is 491 Å². The molecule has 23 N–H and O–H groups in total. The highest BCUT2D eigenvalue weighted by Crippen LogP contribution is 2.39. The van der Waals surface area contributed by atoms with Crippen molar-refractivity contribution < 1.29 is 193 Å². The summed E-state index contributed by atoms with van der Waals surface area (Å²) in [5.41, 5.74) is 0. The minimum Gasteiger partial charge on any atom is -0.394 e.